The van der Waals surface area contributed by atoms with Crippen LogP contribution in [0.3, 0.4) is 0 Å². The molecule has 0 bridgehead atoms. The van der Waals surface area contributed by atoms with Gasteiger partial charge in [-0.3, -0.25) is 0 Å². The number of nitrogens with zero attached hydrogens (tertiary/aromatic N) is 3. The van der Waals surface area contributed by atoms with Gasteiger partial charge in [0, 0.05) is 43.7 Å². The summed E-state index contributed by atoms with van der Waals surface area (Å²) in [6, 6.07) is 15.5. The van der Waals surface area contributed by atoms with Crippen molar-refractivity contribution in [1.82, 2.24) is 9.88 Å². The zero-order valence-electron chi connectivity index (χ0n) is 16.2. The van der Waals surface area contributed by atoms with E-state index in [4.69, 9.17) is 10.1 Å². The number of benzene rings is 2. The van der Waals surface area contributed by atoms with Crippen LogP contribution in [0.15, 0.2) is 48.5 Å². The number of rotatable bonds is 5. The lowest BCUT2D eigenvalue weighted by atomic mass is 10.0. The topological polar surface area (TPSA) is 39.6 Å². The number of anilines is 1. The maximum absolute atomic E-state index is 14.4. The number of aliphatic hydroxyl groups excluding tert-OH is 1. The van der Waals surface area contributed by atoms with E-state index in [0.717, 1.165) is 60.6 Å². The minimum absolute atomic E-state index is 0.0572. The number of aromatic nitrogens is 1. The van der Waals surface area contributed by atoms with Crippen molar-refractivity contribution < 1.29 is 9.50 Å². The molecule has 3 aromatic rings. The summed E-state index contributed by atoms with van der Waals surface area (Å²) in [6.07, 6.45) is 0.324. The summed E-state index contributed by atoms with van der Waals surface area (Å²) < 4.78 is 14.4. The zero-order valence-corrected chi connectivity index (χ0v) is 16.2. The first kappa shape index (κ1) is 18.8. The number of hydrogen-bond acceptors (Lipinski definition) is 4. The Kier molecular flexibility index (Phi) is 5.55. The van der Waals surface area contributed by atoms with E-state index in [1.54, 1.807) is 6.07 Å². The molecule has 0 spiro atoms. The molecule has 0 atom stereocenters. The third-order valence-corrected chi connectivity index (χ3v) is 5.57. The van der Waals surface area contributed by atoms with E-state index in [2.05, 4.69) is 28.9 Å². The highest BCUT2D eigenvalue weighted by atomic mass is 19.1. The van der Waals surface area contributed by atoms with Crippen molar-refractivity contribution in [3.8, 4) is 11.3 Å². The predicted octanol–water partition coefficient (Wildman–Crippen LogP) is 3.72. The molecule has 1 aromatic heterocycles. The van der Waals surface area contributed by atoms with Gasteiger partial charge in [0.15, 0.2) is 0 Å². The summed E-state index contributed by atoms with van der Waals surface area (Å²) in [7, 11) is 0. The Balaban J connectivity index is 1.75. The number of hydrogen-bond donors (Lipinski definition) is 1. The van der Waals surface area contributed by atoms with E-state index in [-0.39, 0.29) is 12.4 Å². The average molecular weight is 379 g/mol. The molecule has 0 saturated carbocycles. The van der Waals surface area contributed by atoms with E-state index in [1.165, 1.54) is 6.07 Å². The zero-order chi connectivity index (χ0) is 19.5. The maximum Gasteiger partial charge on any atom is 0.137 e. The van der Waals surface area contributed by atoms with Gasteiger partial charge < -0.3 is 14.9 Å². The first-order valence-electron chi connectivity index (χ1n) is 9.96. The average Bonchev–Trinajstić information content (AvgIpc) is 2.74. The maximum atomic E-state index is 14.4. The lowest BCUT2D eigenvalue weighted by Crippen LogP contribution is -2.46. The first-order chi connectivity index (χ1) is 13.7. The van der Waals surface area contributed by atoms with Crippen LogP contribution in [0.2, 0.25) is 0 Å². The second-order valence-corrected chi connectivity index (χ2v) is 7.25. The Morgan fingerprint density at radius 1 is 1.04 bits per heavy atom. The van der Waals surface area contributed by atoms with Gasteiger partial charge in [-0.1, -0.05) is 43.3 Å². The van der Waals surface area contributed by atoms with E-state index in [0.29, 0.717) is 12.0 Å². The molecular formula is C23H26FN3O. The fraction of sp³-hybridized carbons (Fsp3) is 0.348. The molecule has 2 aromatic carbocycles. The number of fused-ring (bicyclic) bond motifs is 1. The number of likely N-dealkylation sites (N-methyl/N-ethyl adjacent to an activating group) is 1. The van der Waals surface area contributed by atoms with Crippen molar-refractivity contribution in [3.05, 3.63) is 59.9 Å². The van der Waals surface area contributed by atoms with E-state index in [9.17, 15) is 4.39 Å². The monoisotopic (exact) mass is 379 g/mol. The largest absolute Gasteiger partial charge is 0.396 e. The van der Waals surface area contributed by atoms with Gasteiger partial charge >= 0.3 is 0 Å². The highest BCUT2D eigenvalue weighted by molar-refractivity contribution is 5.95. The predicted molar refractivity (Wildman–Crippen MR) is 112 cm³/mol. The summed E-state index contributed by atoms with van der Waals surface area (Å²) in [5, 5.41) is 11.3. The summed E-state index contributed by atoms with van der Waals surface area (Å²) in [6.45, 7) is 7.15. The van der Waals surface area contributed by atoms with Crippen LogP contribution in [0, 0.1) is 5.82 Å². The normalized spacial score (nSPS) is 15.3. The molecule has 1 N–H and O–H groups in total. The van der Waals surface area contributed by atoms with Crippen LogP contribution < -0.4 is 4.90 Å². The van der Waals surface area contributed by atoms with Crippen LogP contribution in [0.1, 0.15) is 12.5 Å². The van der Waals surface area contributed by atoms with Gasteiger partial charge in [-0.25, -0.2) is 9.37 Å². The van der Waals surface area contributed by atoms with Crippen molar-refractivity contribution in [2.45, 2.75) is 13.3 Å². The fourth-order valence-corrected chi connectivity index (χ4v) is 3.88. The standard InChI is InChI=1S/C23H26FN3O/c1-2-26-10-12-27(13-11-26)23-20-6-4-3-5-18(20)16-22(25-23)19-8-7-17(9-14-28)21(24)15-19/h3-8,15-16,28H,2,9-14H2,1H3. The van der Waals surface area contributed by atoms with E-state index < -0.39 is 0 Å². The molecule has 0 radical (unpaired) electrons. The fourth-order valence-electron chi connectivity index (χ4n) is 3.88. The highest BCUT2D eigenvalue weighted by Crippen LogP contribution is 2.31. The first-order valence-corrected chi connectivity index (χ1v) is 9.96. The quantitative estimate of drug-likeness (QED) is 0.734. The molecule has 5 heteroatoms. The Hall–Kier alpha value is -2.50. The van der Waals surface area contributed by atoms with Gasteiger partial charge in [0.2, 0.25) is 0 Å². The molecule has 1 aliphatic rings. The third-order valence-electron chi connectivity index (χ3n) is 5.57. The summed E-state index contributed by atoms with van der Waals surface area (Å²) in [4.78, 5) is 9.74. The van der Waals surface area contributed by atoms with Crippen LogP contribution in [0.25, 0.3) is 22.0 Å². The highest BCUT2D eigenvalue weighted by Gasteiger charge is 2.20. The molecule has 1 saturated heterocycles. The second kappa shape index (κ2) is 8.25. The minimum atomic E-state index is -0.292. The van der Waals surface area contributed by atoms with Crippen LogP contribution in [0.5, 0.6) is 0 Å². The van der Waals surface area contributed by atoms with E-state index >= 15 is 0 Å². The molecule has 0 aliphatic carbocycles. The van der Waals surface area contributed by atoms with Gasteiger partial charge in [0.05, 0.1) is 5.69 Å². The van der Waals surface area contributed by atoms with Gasteiger partial charge in [-0.15, -0.1) is 0 Å². The van der Waals surface area contributed by atoms with Crippen LogP contribution in [-0.2, 0) is 6.42 Å². The summed E-state index contributed by atoms with van der Waals surface area (Å²) >= 11 is 0. The molecule has 0 unspecified atom stereocenters. The lowest BCUT2D eigenvalue weighted by Gasteiger charge is -2.35. The number of piperazine rings is 1. The number of pyridine rings is 1. The molecule has 28 heavy (non-hydrogen) atoms. The molecule has 2 heterocycles. The molecular weight excluding hydrogens is 353 g/mol. The Labute approximate surface area is 165 Å². The lowest BCUT2D eigenvalue weighted by molar-refractivity contribution is 0.271. The third kappa shape index (κ3) is 3.73. The van der Waals surface area contributed by atoms with Crippen molar-refractivity contribution in [2.75, 3.05) is 44.2 Å². The number of aliphatic hydroxyl groups is 1. The van der Waals surface area contributed by atoms with Crippen LogP contribution in [-0.4, -0.2) is 54.3 Å². The van der Waals surface area contributed by atoms with Crippen molar-refractivity contribution in [2.24, 2.45) is 0 Å². The summed E-state index contributed by atoms with van der Waals surface area (Å²) in [5.74, 6) is 0.684. The van der Waals surface area contributed by atoms with Crippen LogP contribution >= 0.6 is 0 Å². The Morgan fingerprint density at radius 3 is 2.54 bits per heavy atom. The molecule has 1 fully saturated rings. The Bertz CT molecular complexity index is 967. The second-order valence-electron chi connectivity index (χ2n) is 7.25. The minimum Gasteiger partial charge on any atom is -0.396 e. The van der Waals surface area contributed by atoms with Crippen molar-refractivity contribution >= 4 is 16.6 Å². The van der Waals surface area contributed by atoms with Crippen molar-refractivity contribution in [3.63, 3.8) is 0 Å². The van der Waals surface area contributed by atoms with Gasteiger partial charge in [0.25, 0.3) is 0 Å². The Morgan fingerprint density at radius 2 is 1.82 bits per heavy atom. The smallest absolute Gasteiger partial charge is 0.137 e. The van der Waals surface area contributed by atoms with Gasteiger partial charge in [-0.05, 0) is 36.0 Å². The number of halogens is 1. The molecule has 146 valence electrons. The summed E-state index contributed by atoms with van der Waals surface area (Å²) in [5.41, 5.74) is 2.07. The van der Waals surface area contributed by atoms with E-state index in [1.807, 2.05) is 24.3 Å². The van der Waals surface area contributed by atoms with Gasteiger partial charge in [0.1, 0.15) is 11.6 Å². The van der Waals surface area contributed by atoms with Crippen molar-refractivity contribution in [1.29, 1.82) is 0 Å². The molecule has 1 aliphatic heterocycles. The SMILES string of the molecule is CCN1CCN(c2nc(-c3ccc(CCO)c(F)c3)cc3ccccc23)CC1. The van der Waals surface area contributed by atoms with Crippen LogP contribution in [0.4, 0.5) is 10.2 Å². The molecule has 0 amide bonds. The molecule has 4 nitrogen and oxygen atoms in total. The van der Waals surface area contributed by atoms with Gasteiger partial charge in [-0.2, -0.15) is 0 Å². The molecule has 4 rings (SSSR count).